The molecule has 0 spiro atoms. The molecule has 1 aliphatic rings. The predicted molar refractivity (Wildman–Crippen MR) is 165 cm³/mol. The molecule has 5 rings (SSSR count). The van der Waals surface area contributed by atoms with E-state index < -0.39 is 21.8 Å². The number of Topliss-reactive ketones (excluding diaryl/α,β-unsaturated/α-hetero) is 1. The van der Waals surface area contributed by atoms with Crippen molar-refractivity contribution in [3.63, 3.8) is 0 Å². The van der Waals surface area contributed by atoms with Crippen LogP contribution in [0.5, 0.6) is 0 Å². The lowest BCUT2D eigenvalue weighted by atomic mass is 9.96. The third-order valence-electron chi connectivity index (χ3n) is 7.84. The molecule has 0 radical (unpaired) electrons. The number of nitrogens with one attached hydrogen (secondary N) is 2. The Labute approximate surface area is 254 Å². The fraction of sp³-hybridized carbons (Fsp3) is 0.290. The van der Waals surface area contributed by atoms with Gasteiger partial charge in [-0.3, -0.25) is 4.79 Å². The van der Waals surface area contributed by atoms with Crippen molar-refractivity contribution in [2.75, 3.05) is 32.7 Å². The molecule has 0 bridgehead atoms. The minimum absolute atomic E-state index is 0.104. The van der Waals surface area contributed by atoms with Gasteiger partial charge in [-0.25, -0.2) is 28.4 Å². The smallest absolute Gasteiger partial charge is 0.240 e. The van der Waals surface area contributed by atoms with Gasteiger partial charge < -0.3 is 20.6 Å². The molecule has 44 heavy (non-hydrogen) atoms. The lowest BCUT2D eigenvalue weighted by Gasteiger charge is -2.33. The van der Waals surface area contributed by atoms with E-state index in [0.717, 1.165) is 25.9 Å². The first-order chi connectivity index (χ1) is 21.0. The number of carbonyl (C=O) groups is 1. The minimum atomic E-state index is -3.72. The van der Waals surface area contributed by atoms with E-state index in [1.165, 1.54) is 42.4 Å². The third-order valence-corrected chi connectivity index (χ3v) is 9.31. The Bertz CT molecular complexity index is 1780. The van der Waals surface area contributed by atoms with Crippen LogP contribution in [0.15, 0.2) is 71.9 Å². The zero-order valence-electron chi connectivity index (χ0n) is 24.3. The van der Waals surface area contributed by atoms with Gasteiger partial charge in [0, 0.05) is 61.0 Å². The van der Waals surface area contributed by atoms with Crippen molar-refractivity contribution in [1.82, 2.24) is 24.6 Å². The number of fused-ring (bicyclic) bond motifs is 1. The summed E-state index contributed by atoms with van der Waals surface area (Å²) in [5, 5.41) is 2.01. The molecule has 1 aliphatic heterocycles. The van der Waals surface area contributed by atoms with E-state index >= 15 is 0 Å². The summed E-state index contributed by atoms with van der Waals surface area (Å²) in [6.07, 6.45) is 4.64. The van der Waals surface area contributed by atoms with Crippen LogP contribution in [0, 0.1) is 17.7 Å². The summed E-state index contributed by atoms with van der Waals surface area (Å²) >= 11 is 0. The summed E-state index contributed by atoms with van der Waals surface area (Å²) in [5.41, 5.74) is 8.80. The summed E-state index contributed by atoms with van der Waals surface area (Å²) in [7, 11) is -3.72. The van der Waals surface area contributed by atoms with E-state index in [4.69, 9.17) is 11.6 Å². The highest BCUT2D eigenvalue weighted by atomic mass is 32.2. The number of hydrogen-bond acceptors (Lipinski definition) is 8. The highest BCUT2D eigenvalue weighted by Gasteiger charge is 2.22. The van der Waals surface area contributed by atoms with Crippen LogP contribution < -0.4 is 16.3 Å². The lowest BCUT2D eigenvalue weighted by molar-refractivity contribution is 0.101. The second-order valence-corrected chi connectivity index (χ2v) is 12.7. The number of nitrogens with two attached hydrogens (primary N) is 2. The molecule has 1 fully saturated rings. The molecule has 0 saturated carbocycles. The molecule has 0 amide bonds. The average molecular weight is 624 g/mol. The molecule has 2 aromatic heterocycles. The molecule has 10 nitrogen and oxygen atoms in total. The molecule has 232 valence electrons. The van der Waals surface area contributed by atoms with Gasteiger partial charge in [-0.2, -0.15) is 4.39 Å². The zero-order chi connectivity index (χ0) is 31.4. The Hall–Kier alpha value is -4.17. The Kier molecular flexibility index (Phi) is 9.39. The van der Waals surface area contributed by atoms with Gasteiger partial charge in [0.25, 0.3) is 0 Å². The maximum Gasteiger partial charge on any atom is 0.240 e. The fourth-order valence-electron chi connectivity index (χ4n) is 5.55. The zero-order valence-corrected chi connectivity index (χ0v) is 25.1. The number of benzene rings is 2. The van der Waals surface area contributed by atoms with E-state index in [1.807, 2.05) is 0 Å². The fourth-order valence-corrected chi connectivity index (χ4v) is 6.57. The molecule has 0 aliphatic carbocycles. The number of pyridine rings is 1. The SMILES string of the molecule is CC(=O)c1[nH]c2ccc(F)cc2c1/C(N)=C/N(N)CC1CCN(CCNS(=O)(=O)c2ccc(-c3cccnc3F)cc2)CC1. The average Bonchev–Trinajstić information content (AvgIpc) is 3.37. The summed E-state index contributed by atoms with van der Waals surface area (Å²) in [6.45, 7) is 4.31. The van der Waals surface area contributed by atoms with Crippen LogP contribution in [0.1, 0.15) is 35.8 Å². The number of rotatable bonds is 11. The molecule has 6 N–H and O–H groups in total. The van der Waals surface area contributed by atoms with Crippen LogP contribution in [-0.4, -0.2) is 66.8 Å². The number of aromatic nitrogens is 2. The van der Waals surface area contributed by atoms with Crippen LogP contribution in [-0.2, 0) is 10.0 Å². The third kappa shape index (κ3) is 7.13. The maximum atomic E-state index is 14.0. The summed E-state index contributed by atoms with van der Waals surface area (Å²) in [4.78, 5) is 21.2. The first kappa shape index (κ1) is 31.3. The Morgan fingerprint density at radius 3 is 2.57 bits per heavy atom. The number of carbonyl (C=O) groups excluding carboxylic acids is 1. The summed E-state index contributed by atoms with van der Waals surface area (Å²) in [6, 6.07) is 13.5. The van der Waals surface area contributed by atoms with E-state index in [0.29, 0.717) is 46.4 Å². The summed E-state index contributed by atoms with van der Waals surface area (Å²) < 4.78 is 56.1. The van der Waals surface area contributed by atoms with E-state index in [-0.39, 0.29) is 28.8 Å². The Balaban J connectivity index is 1.11. The predicted octanol–water partition coefficient (Wildman–Crippen LogP) is 3.83. The number of nitrogens with zero attached hydrogens (tertiary/aromatic N) is 3. The number of likely N-dealkylation sites (tertiary alicyclic amines) is 1. The van der Waals surface area contributed by atoms with Crippen molar-refractivity contribution < 1.29 is 22.0 Å². The molecule has 0 unspecified atom stereocenters. The van der Waals surface area contributed by atoms with E-state index in [1.54, 1.807) is 36.5 Å². The van der Waals surface area contributed by atoms with Gasteiger partial charge >= 0.3 is 0 Å². The van der Waals surface area contributed by atoms with Crippen molar-refractivity contribution >= 4 is 32.4 Å². The van der Waals surface area contributed by atoms with Gasteiger partial charge in [0.1, 0.15) is 5.82 Å². The van der Waals surface area contributed by atoms with Gasteiger partial charge in [0.2, 0.25) is 16.0 Å². The van der Waals surface area contributed by atoms with Crippen LogP contribution in [0.25, 0.3) is 27.7 Å². The molecular weight excluding hydrogens is 588 g/mol. The van der Waals surface area contributed by atoms with Crippen LogP contribution in [0.2, 0.25) is 0 Å². The monoisotopic (exact) mass is 623 g/mol. The van der Waals surface area contributed by atoms with Gasteiger partial charge in [-0.05, 0) is 79.9 Å². The van der Waals surface area contributed by atoms with Gasteiger partial charge in [0.05, 0.1) is 16.3 Å². The first-order valence-corrected chi connectivity index (χ1v) is 15.7. The Morgan fingerprint density at radius 1 is 1.16 bits per heavy atom. The standard InChI is InChI=1S/C31H35F2N7O3S/c1-20(41)30-29(26-17-23(32)6-9-28(26)38-30)27(34)19-40(35)18-21-10-14-39(15-11-21)16-13-37-44(42,43)24-7-4-22(5-8-24)25-3-2-12-36-31(25)33/h2-9,12,17,19,21,37-38H,10-11,13-16,18,34-35H2,1H3/b27-19-. The molecule has 2 aromatic carbocycles. The first-order valence-electron chi connectivity index (χ1n) is 14.3. The molecule has 3 heterocycles. The highest BCUT2D eigenvalue weighted by Crippen LogP contribution is 2.28. The number of aromatic amines is 1. The van der Waals surface area contributed by atoms with Crippen LogP contribution >= 0.6 is 0 Å². The van der Waals surface area contributed by atoms with Gasteiger partial charge in [-0.1, -0.05) is 12.1 Å². The summed E-state index contributed by atoms with van der Waals surface area (Å²) in [5.74, 6) is 5.29. The van der Waals surface area contributed by atoms with E-state index in [9.17, 15) is 22.0 Å². The normalized spacial score (nSPS) is 15.1. The van der Waals surface area contributed by atoms with Crippen molar-refractivity contribution in [2.24, 2.45) is 17.5 Å². The van der Waals surface area contributed by atoms with E-state index in [2.05, 4.69) is 19.6 Å². The second-order valence-electron chi connectivity index (χ2n) is 11.0. The number of hydrogen-bond donors (Lipinski definition) is 4. The molecule has 1 saturated heterocycles. The molecule has 13 heteroatoms. The number of sulfonamides is 1. The number of halogens is 2. The van der Waals surface area contributed by atoms with Gasteiger partial charge in [-0.15, -0.1) is 0 Å². The largest absolute Gasteiger partial charge is 0.397 e. The van der Waals surface area contributed by atoms with Crippen molar-refractivity contribution in [1.29, 1.82) is 0 Å². The molecule has 0 atom stereocenters. The number of ketones is 1. The number of H-pyrrole nitrogens is 1. The number of hydrazine groups is 1. The van der Waals surface area contributed by atoms with Crippen molar-refractivity contribution in [2.45, 2.75) is 24.7 Å². The lowest BCUT2D eigenvalue weighted by Crippen LogP contribution is -2.42. The topological polar surface area (TPSA) is 150 Å². The van der Waals surface area contributed by atoms with Crippen LogP contribution in [0.3, 0.4) is 0 Å². The van der Waals surface area contributed by atoms with Crippen molar-refractivity contribution in [3.8, 4) is 11.1 Å². The van der Waals surface area contributed by atoms with Crippen LogP contribution in [0.4, 0.5) is 8.78 Å². The highest BCUT2D eigenvalue weighted by molar-refractivity contribution is 7.89. The number of piperidine rings is 1. The minimum Gasteiger partial charge on any atom is -0.397 e. The van der Waals surface area contributed by atoms with Gasteiger partial charge in [0.15, 0.2) is 5.78 Å². The molecule has 4 aromatic rings. The Morgan fingerprint density at radius 2 is 1.89 bits per heavy atom. The molecular formula is C31H35F2N7O3S. The second kappa shape index (κ2) is 13.2. The maximum absolute atomic E-state index is 14.0. The van der Waals surface area contributed by atoms with Crippen molar-refractivity contribution in [3.05, 3.63) is 90.0 Å². The quantitative estimate of drug-likeness (QED) is 0.0852.